The number of aromatic nitrogens is 3. The van der Waals surface area contributed by atoms with Gasteiger partial charge in [-0.1, -0.05) is 29.8 Å². The van der Waals surface area contributed by atoms with Crippen molar-refractivity contribution in [3.8, 4) is 5.69 Å². The van der Waals surface area contributed by atoms with Crippen molar-refractivity contribution >= 4 is 5.97 Å². The number of para-hydroxylation sites is 1. The second-order valence-electron chi connectivity index (χ2n) is 5.76. The van der Waals surface area contributed by atoms with Gasteiger partial charge in [-0.2, -0.15) is 0 Å². The molecule has 0 bridgehead atoms. The molecule has 2 heterocycles. The molecule has 0 amide bonds. The van der Waals surface area contributed by atoms with Crippen LogP contribution in [0, 0.1) is 6.92 Å². The molecule has 1 atom stereocenters. The number of rotatable bonds is 4. The molecule has 6 heteroatoms. The average Bonchev–Trinajstić information content (AvgIpc) is 2.96. The van der Waals surface area contributed by atoms with Crippen LogP contribution in [0.25, 0.3) is 5.69 Å². The summed E-state index contributed by atoms with van der Waals surface area (Å²) < 4.78 is 1.75. The summed E-state index contributed by atoms with van der Waals surface area (Å²) in [6.45, 7) is 3.36. The third-order valence-electron chi connectivity index (χ3n) is 4.17. The van der Waals surface area contributed by atoms with Crippen molar-refractivity contribution in [2.75, 3.05) is 6.54 Å². The largest absolute Gasteiger partial charge is 0.480 e. The predicted molar refractivity (Wildman–Crippen MR) is 81.8 cm³/mol. The molecule has 0 radical (unpaired) electrons. The lowest BCUT2D eigenvalue weighted by Crippen LogP contribution is -2.44. The molecule has 1 aliphatic heterocycles. The fourth-order valence-corrected chi connectivity index (χ4v) is 2.98. The number of hydrogen-bond acceptors (Lipinski definition) is 4. The van der Waals surface area contributed by atoms with Crippen molar-refractivity contribution < 1.29 is 9.90 Å². The van der Waals surface area contributed by atoms with Gasteiger partial charge in [-0.25, -0.2) is 4.68 Å². The molecular formula is C16H20N4O2. The van der Waals surface area contributed by atoms with Crippen LogP contribution in [0.5, 0.6) is 0 Å². The van der Waals surface area contributed by atoms with E-state index in [1.807, 2.05) is 42.3 Å². The van der Waals surface area contributed by atoms with Gasteiger partial charge in [0.25, 0.3) is 0 Å². The Morgan fingerprint density at radius 2 is 2.18 bits per heavy atom. The molecule has 1 fully saturated rings. The van der Waals surface area contributed by atoms with Crippen molar-refractivity contribution in [2.24, 2.45) is 0 Å². The molecule has 1 saturated heterocycles. The molecule has 3 rings (SSSR count). The minimum absolute atomic E-state index is 0.405. The van der Waals surface area contributed by atoms with E-state index in [1.54, 1.807) is 4.68 Å². The Balaban J connectivity index is 1.77. The lowest BCUT2D eigenvalue weighted by molar-refractivity contribution is -0.144. The highest BCUT2D eigenvalue weighted by molar-refractivity contribution is 5.73. The first-order valence-electron chi connectivity index (χ1n) is 7.59. The quantitative estimate of drug-likeness (QED) is 0.935. The van der Waals surface area contributed by atoms with Gasteiger partial charge in [-0.15, -0.1) is 5.10 Å². The van der Waals surface area contributed by atoms with Crippen LogP contribution in [-0.2, 0) is 11.3 Å². The topological polar surface area (TPSA) is 71.2 Å². The van der Waals surface area contributed by atoms with E-state index in [0.29, 0.717) is 13.0 Å². The first kappa shape index (κ1) is 14.7. The third-order valence-corrected chi connectivity index (χ3v) is 4.17. The average molecular weight is 300 g/mol. The number of hydrogen-bond donors (Lipinski definition) is 1. The first-order chi connectivity index (χ1) is 10.6. The Morgan fingerprint density at radius 3 is 2.95 bits per heavy atom. The normalized spacial score (nSPS) is 19.2. The Hall–Kier alpha value is -2.21. The highest BCUT2D eigenvalue weighted by Crippen LogP contribution is 2.20. The standard InChI is InChI=1S/C16H20N4O2/c1-12-6-2-3-7-14(12)20-11-13(17-18-20)10-19-9-5-4-8-15(19)16(21)22/h2-3,6-7,11,15H,4-5,8-10H2,1H3,(H,21,22). The van der Waals surface area contributed by atoms with Gasteiger partial charge in [0.1, 0.15) is 6.04 Å². The summed E-state index contributed by atoms with van der Waals surface area (Å²) in [6.07, 6.45) is 4.61. The molecule has 116 valence electrons. The summed E-state index contributed by atoms with van der Waals surface area (Å²) in [7, 11) is 0. The lowest BCUT2D eigenvalue weighted by Gasteiger charge is -2.31. The van der Waals surface area contributed by atoms with E-state index in [0.717, 1.165) is 36.3 Å². The Kier molecular flexibility index (Phi) is 4.20. The van der Waals surface area contributed by atoms with Crippen LogP contribution in [-0.4, -0.2) is 43.6 Å². The van der Waals surface area contributed by atoms with Crippen LogP contribution >= 0.6 is 0 Å². The molecule has 1 aromatic heterocycles. The number of carboxylic acid groups (broad SMARTS) is 1. The van der Waals surface area contributed by atoms with Crippen LogP contribution < -0.4 is 0 Å². The highest BCUT2D eigenvalue weighted by atomic mass is 16.4. The number of piperidine rings is 1. The van der Waals surface area contributed by atoms with Gasteiger partial charge in [0.15, 0.2) is 0 Å². The van der Waals surface area contributed by atoms with E-state index in [2.05, 4.69) is 10.3 Å². The van der Waals surface area contributed by atoms with Gasteiger partial charge >= 0.3 is 5.97 Å². The number of aliphatic carboxylic acids is 1. The van der Waals surface area contributed by atoms with E-state index in [1.165, 1.54) is 0 Å². The number of carboxylic acids is 1. The van der Waals surface area contributed by atoms with E-state index < -0.39 is 12.0 Å². The third kappa shape index (κ3) is 3.01. The zero-order valence-corrected chi connectivity index (χ0v) is 12.6. The van der Waals surface area contributed by atoms with Crippen molar-refractivity contribution in [3.05, 3.63) is 41.7 Å². The molecule has 1 aromatic carbocycles. The van der Waals surface area contributed by atoms with Gasteiger partial charge in [0.2, 0.25) is 0 Å². The van der Waals surface area contributed by atoms with E-state index in [-0.39, 0.29) is 0 Å². The van der Waals surface area contributed by atoms with Gasteiger partial charge in [-0.3, -0.25) is 9.69 Å². The monoisotopic (exact) mass is 300 g/mol. The molecule has 0 saturated carbocycles. The number of carbonyl (C=O) groups is 1. The van der Waals surface area contributed by atoms with Crippen molar-refractivity contribution in [1.29, 1.82) is 0 Å². The molecule has 2 aromatic rings. The Morgan fingerprint density at radius 1 is 1.36 bits per heavy atom. The zero-order chi connectivity index (χ0) is 15.5. The van der Waals surface area contributed by atoms with Crippen LogP contribution in [0.4, 0.5) is 0 Å². The number of aryl methyl sites for hydroxylation is 1. The molecule has 1 N–H and O–H groups in total. The molecule has 22 heavy (non-hydrogen) atoms. The molecule has 0 spiro atoms. The number of likely N-dealkylation sites (tertiary alicyclic amines) is 1. The fraction of sp³-hybridized carbons (Fsp3) is 0.438. The molecule has 0 aliphatic carbocycles. The zero-order valence-electron chi connectivity index (χ0n) is 12.6. The summed E-state index contributed by atoms with van der Waals surface area (Å²) in [5.74, 6) is -0.744. The molecular weight excluding hydrogens is 280 g/mol. The number of nitrogens with zero attached hydrogens (tertiary/aromatic N) is 4. The number of benzene rings is 1. The molecule has 1 unspecified atom stereocenters. The van der Waals surface area contributed by atoms with Gasteiger partial charge in [-0.05, 0) is 37.9 Å². The minimum atomic E-state index is -0.744. The maximum Gasteiger partial charge on any atom is 0.320 e. The second kappa shape index (κ2) is 6.27. The summed E-state index contributed by atoms with van der Waals surface area (Å²) in [6, 6.07) is 7.57. The van der Waals surface area contributed by atoms with Gasteiger partial charge in [0.05, 0.1) is 17.6 Å². The maximum atomic E-state index is 11.3. The summed E-state index contributed by atoms with van der Waals surface area (Å²) in [4.78, 5) is 13.3. The molecule has 6 nitrogen and oxygen atoms in total. The maximum absolute atomic E-state index is 11.3. The molecule has 1 aliphatic rings. The second-order valence-corrected chi connectivity index (χ2v) is 5.76. The van der Waals surface area contributed by atoms with E-state index in [4.69, 9.17) is 0 Å². The predicted octanol–water partition coefficient (Wildman–Crippen LogP) is 2.01. The summed E-state index contributed by atoms with van der Waals surface area (Å²) >= 11 is 0. The van der Waals surface area contributed by atoms with Crippen molar-refractivity contribution in [1.82, 2.24) is 19.9 Å². The minimum Gasteiger partial charge on any atom is -0.480 e. The van der Waals surface area contributed by atoms with Gasteiger partial charge in [0, 0.05) is 6.54 Å². The Labute approximate surface area is 129 Å². The van der Waals surface area contributed by atoms with Crippen molar-refractivity contribution in [3.63, 3.8) is 0 Å². The van der Waals surface area contributed by atoms with Crippen LogP contribution in [0.2, 0.25) is 0 Å². The highest BCUT2D eigenvalue weighted by Gasteiger charge is 2.28. The Bertz CT molecular complexity index is 668. The van der Waals surface area contributed by atoms with E-state index in [9.17, 15) is 9.90 Å². The van der Waals surface area contributed by atoms with Gasteiger partial charge < -0.3 is 5.11 Å². The van der Waals surface area contributed by atoms with E-state index >= 15 is 0 Å². The van der Waals surface area contributed by atoms with Crippen molar-refractivity contribution in [2.45, 2.75) is 38.8 Å². The summed E-state index contributed by atoms with van der Waals surface area (Å²) in [5, 5.41) is 17.7. The first-order valence-corrected chi connectivity index (χ1v) is 7.59. The smallest absolute Gasteiger partial charge is 0.320 e. The fourth-order valence-electron chi connectivity index (χ4n) is 2.98. The van der Waals surface area contributed by atoms with Crippen LogP contribution in [0.1, 0.15) is 30.5 Å². The summed E-state index contributed by atoms with van der Waals surface area (Å²) in [5.41, 5.74) is 2.92. The van der Waals surface area contributed by atoms with Crippen LogP contribution in [0.15, 0.2) is 30.5 Å². The SMILES string of the molecule is Cc1ccccc1-n1cc(CN2CCCCC2C(=O)O)nn1. The lowest BCUT2D eigenvalue weighted by atomic mass is 10.0. The van der Waals surface area contributed by atoms with Crippen LogP contribution in [0.3, 0.4) is 0 Å².